The van der Waals surface area contributed by atoms with Gasteiger partial charge in [-0.3, -0.25) is 4.79 Å². The van der Waals surface area contributed by atoms with Crippen LogP contribution in [0.4, 0.5) is 28.8 Å². The molecule has 0 aliphatic carbocycles. The lowest BCUT2D eigenvalue weighted by atomic mass is 10.2. The van der Waals surface area contributed by atoms with Crippen LogP contribution in [0.5, 0.6) is 5.75 Å². The molecule has 7 heteroatoms. The molecule has 0 aliphatic heterocycles. The van der Waals surface area contributed by atoms with Gasteiger partial charge in [-0.1, -0.05) is 18.2 Å². The molecule has 1 aromatic heterocycles. The van der Waals surface area contributed by atoms with E-state index in [0.29, 0.717) is 24.1 Å². The van der Waals surface area contributed by atoms with Gasteiger partial charge in [0.2, 0.25) is 11.9 Å². The highest BCUT2D eigenvalue weighted by molar-refractivity contribution is 5.89. The van der Waals surface area contributed by atoms with E-state index in [9.17, 15) is 4.79 Å². The van der Waals surface area contributed by atoms with E-state index in [1.165, 1.54) is 6.92 Å². The van der Waals surface area contributed by atoms with Gasteiger partial charge in [0.15, 0.2) is 0 Å². The molecule has 0 spiro atoms. The number of benzene rings is 2. The lowest BCUT2D eigenvalue weighted by Gasteiger charge is -2.13. The molecule has 1 amide bonds. The zero-order valence-corrected chi connectivity index (χ0v) is 16.1. The van der Waals surface area contributed by atoms with Crippen LogP contribution in [0.3, 0.4) is 0 Å². The Morgan fingerprint density at radius 2 is 1.79 bits per heavy atom. The number of carbonyl (C=O) groups is 1. The Hall–Kier alpha value is -3.61. The van der Waals surface area contributed by atoms with E-state index in [-0.39, 0.29) is 5.91 Å². The van der Waals surface area contributed by atoms with Crippen LogP contribution in [0, 0.1) is 6.92 Å². The van der Waals surface area contributed by atoms with Crippen LogP contribution in [0.1, 0.15) is 19.5 Å². The number of nitrogens with one attached hydrogen (secondary N) is 3. The average molecular weight is 377 g/mol. The van der Waals surface area contributed by atoms with Crippen molar-refractivity contribution in [3.8, 4) is 5.75 Å². The third-order valence-corrected chi connectivity index (χ3v) is 3.74. The summed E-state index contributed by atoms with van der Waals surface area (Å²) in [5, 5.41) is 9.23. The first-order valence-electron chi connectivity index (χ1n) is 9.02. The molecule has 0 radical (unpaired) electrons. The molecule has 7 nitrogen and oxygen atoms in total. The van der Waals surface area contributed by atoms with Crippen molar-refractivity contribution in [1.82, 2.24) is 9.97 Å². The zero-order chi connectivity index (χ0) is 19.9. The minimum atomic E-state index is -0.122. The number of ether oxygens (including phenoxy) is 1. The Morgan fingerprint density at radius 1 is 1.00 bits per heavy atom. The van der Waals surface area contributed by atoms with E-state index in [0.717, 1.165) is 22.8 Å². The van der Waals surface area contributed by atoms with Gasteiger partial charge >= 0.3 is 0 Å². The van der Waals surface area contributed by atoms with E-state index >= 15 is 0 Å². The van der Waals surface area contributed by atoms with E-state index in [2.05, 4.69) is 25.9 Å². The third-order valence-electron chi connectivity index (χ3n) is 3.74. The Kier molecular flexibility index (Phi) is 6.06. The van der Waals surface area contributed by atoms with Crippen LogP contribution in [-0.2, 0) is 4.79 Å². The number of hydrogen-bond donors (Lipinski definition) is 3. The number of amides is 1. The number of carbonyl (C=O) groups excluding carboxylic acids is 1. The van der Waals surface area contributed by atoms with Gasteiger partial charge in [0.05, 0.1) is 12.3 Å². The smallest absolute Gasteiger partial charge is 0.229 e. The summed E-state index contributed by atoms with van der Waals surface area (Å²) >= 11 is 0. The average Bonchev–Trinajstić information content (AvgIpc) is 2.63. The van der Waals surface area contributed by atoms with E-state index in [4.69, 9.17) is 4.74 Å². The first-order valence-corrected chi connectivity index (χ1v) is 9.02. The van der Waals surface area contributed by atoms with Crippen molar-refractivity contribution >= 4 is 34.7 Å². The summed E-state index contributed by atoms with van der Waals surface area (Å²) in [5.74, 6) is 1.75. The van der Waals surface area contributed by atoms with Gasteiger partial charge in [-0.05, 0) is 44.2 Å². The van der Waals surface area contributed by atoms with Crippen LogP contribution in [0.15, 0.2) is 54.6 Å². The second kappa shape index (κ2) is 8.85. The predicted octanol–water partition coefficient (Wildman–Crippen LogP) is 4.63. The van der Waals surface area contributed by atoms with Gasteiger partial charge in [-0.25, -0.2) is 4.98 Å². The minimum absolute atomic E-state index is 0.122. The fraction of sp³-hybridized carbons (Fsp3) is 0.190. The van der Waals surface area contributed by atoms with Crippen molar-refractivity contribution in [2.75, 3.05) is 22.6 Å². The first-order chi connectivity index (χ1) is 13.5. The van der Waals surface area contributed by atoms with Gasteiger partial charge in [0, 0.05) is 30.1 Å². The molecule has 3 N–H and O–H groups in total. The molecule has 1 heterocycles. The summed E-state index contributed by atoms with van der Waals surface area (Å²) < 4.78 is 5.65. The van der Waals surface area contributed by atoms with Crippen molar-refractivity contribution in [1.29, 1.82) is 0 Å². The van der Waals surface area contributed by atoms with Crippen LogP contribution >= 0.6 is 0 Å². The summed E-state index contributed by atoms with van der Waals surface area (Å²) in [6.45, 7) is 5.91. The maximum atomic E-state index is 11.2. The number of anilines is 5. The maximum absolute atomic E-state index is 11.2. The SMILES string of the molecule is CCOc1ccccc1Nc1cc(C)nc(Nc2cccc(NC(C)=O)c2)n1. The fourth-order valence-electron chi connectivity index (χ4n) is 2.68. The zero-order valence-electron chi connectivity index (χ0n) is 16.1. The van der Waals surface area contributed by atoms with Gasteiger partial charge in [-0.15, -0.1) is 0 Å². The van der Waals surface area contributed by atoms with Crippen LogP contribution in [0.2, 0.25) is 0 Å². The minimum Gasteiger partial charge on any atom is -0.492 e. The molecule has 0 fully saturated rings. The summed E-state index contributed by atoms with van der Waals surface area (Å²) in [7, 11) is 0. The molecule has 0 saturated carbocycles. The molecule has 0 atom stereocenters. The quantitative estimate of drug-likeness (QED) is 0.556. The summed E-state index contributed by atoms with van der Waals surface area (Å²) in [5.41, 5.74) is 3.12. The lowest BCUT2D eigenvalue weighted by Crippen LogP contribution is -2.06. The van der Waals surface area contributed by atoms with Gasteiger partial charge in [0.1, 0.15) is 11.6 Å². The monoisotopic (exact) mass is 377 g/mol. The lowest BCUT2D eigenvalue weighted by molar-refractivity contribution is -0.114. The first kappa shape index (κ1) is 19.2. The second-order valence-corrected chi connectivity index (χ2v) is 6.16. The van der Waals surface area contributed by atoms with Gasteiger partial charge < -0.3 is 20.7 Å². The molecule has 28 heavy (non-hydrogen) atoms. The molecule has 0 unspecified atom stereocenters. The molecular weight excluding hydrogens is 354 g/mol. The van der Waals surface area contributed by atoms with Gasteiger partial charge in [0.25, 0.3) is 0 Å². The van der Waals surface area contributed by atoms with Crippen molar-refractivity contribution in [2.24, 2.45) is 0 Å². The van der Waals surface area contributed by atoms with Crippen molar-refractivity contribution < 1.29 is 9.53 Å². The number of rotatable bonds is 7. The molecule has 0 saturated heterocycles. The number of aromatic nitrogens is 2. The highest BCUT2D eigenvalue weighted by Gasteiger charge is 2.07. The molecule has 2 aromatic carbocycles. The van der Waals surface area contributed by atoms with Crippen LogP contribution < -0.4 is 20.7 Å². The number of para-hydroxylation sites is 2. The molecule has 0 bridgehead atoms. The third kappa shape index (κ3) is 5.20. The Bertz CT molecular complexity index is 975. The van der Waals surface area contributed by atoms with E-state index in [1.54, 1.807) is 0 Å². The standard InChI is InChI=1S/C21H23N5O2/c1-4-28-19-11-6-5-10-18(19)25-20-12-14(2)22-21(26-20)24-17-9-7-8-16(13-17)23-15(3)27/h5-13H,4H2,1-3H3,(H,23,27)(H2,22,24,25,26). The predicted molar refractivity (Wildman–Crippen MR) is 112 cm³/mol. The Labute approximate surface area is 164 Å². The molecule has 3 rings (SSSR count). The largest absolute Gasteiger partial charge is 0.492 e. The topological polar surface area (TPSA) is 88.2 Å². The number of nitrogens with zero attached hydrogens (tertiary/aromatic N) is 2. The maximum Gasteiger partial charge on any atom is 0.229 e. The summed E-state index contributed by atoms with van der Waals surface area (Å²) in [6.07, 6.45) is 0. The second-order valence-electron chi connectivity index (χ2n) is 6.16. The molecule has 3 aromatic rings. The highest BCUT2D eigenvalue weighted by atomic mass is 16.5. The number of hydrogen-bond acceptors (Lipinski definition) is 6. The summed E-state index contributed by atoms with van der Waals surface area (Å²) in [6, 6.07) is 16.9. The van der Waals surface area contributed by atoms with Crippen molar-refractivity contribution in [3.05, 3.63) is 60.3 Å². The van der Waals surface area contributed by atoms with Crippen LogP contribution in [-0.4, -0.2) is 22.5 Å². The molecule has 144 valence electrons. The fourth-order valence-corrected chi connectivity index (χ4v) is 2.68. The highest BCUT2D eigenvalue weighted by Crippen LogP contribution is 2.27. The van der Waals surface area contributed by atoms with Crippen molar-refractivity contribution in [2.45, 2.75) is 20.8 Å². The normalized spacial score (nSPS) is 10.2. The van der Waals surface area contributed by atoms with Crippen molar-refractivity contribution in [3.63, 3.8) is 0 Å². The van der Waals surface area contributed by atoms with Gasteiger partial charge in [-0.2, -0.15) is 4.98 Å². The Balaban J connectivity index is 1.81. The Morgan fingerprint density at radius 3 is 2.57 bits per heavy atom. The molecule has 0 aliphatic rings. The summed E-state index contributed by atoms with van der Waals surface area (Å²) in [4.78, 5) is 20.2. The van der Waals surface area contributed by atoms with Crippen LogP contribution in [0.25, 0.3) is 0 Å². The number of aryl methyl sites for hydroxylation is 1. The van der Waals surface area contributed by atoms with E-state index in [1.807, 2.05) is 68.4 Å². The van der Waals surface area contributed by atoms with E-state index < -0.39 is 0 Å². The molecular formula is C21H23N5O2.